The molecule has 2 aromatic heterocycles. The van der Waals surface area contributed by atoms with Crippen LogP contribution in [0.15, 0.2) is 66.6 Å². The van der Waals surface area contributed by atoms with Crippen LogP contribution >= 0.6 is 0 Å². The molecule has 0 saturated carbocycles. The Balaban J connectivity index is 0.00000368. The number of hydrogen-bond acceptors (Lipinski definition) is 18. The summed E-state index contributed by atoms with van der Waals surface area (Å²) in [5.41, 5.74) is -4.37. The summed E-state index contributed by atoms with van der Waals surface area (Å²) in [6, 6.07) is 5.75. The summed E-state index contributed by atoms with van der Waals surface area (Å²) < 4.78 is 71.6. The summed E-state index contributed by atoms with van der Waals surface area (Å²) in [7, 11) is -10.4. The van der Waals surface area contributed by atoms with Gasteiger partial charge in [-0.05, 0) is 35.4 Å². The zero-order chi connectivity index (χ0) is 32.4. The van der Waals surface area contributed by atoms with Crippen molar-refractivity contribution in [2.24, 2.45) is 20.5 Å². The van der Waals surface area contributed by atoms with Crippen LogP contribution in [0.25, 0.3) is 12.2 Å². The van der Waals surface area contributed by atoms with Crippen LogP contribution in [0.5, 0.6) is 11.8 Å². The smallest absolute Gasteiger partial charge is 0.856 e. The molecule has 20 nitrogen and oxygen atoms in total. The molecule has 25 heteroatoms. The Morgan fingerprint density at radius 2 is 1.00 bits per heavy atom. The summed E-state index contributed by atoms with van der Waals surface area (Å²) in [6.07, 6.45) is 1.94. The third kappa shape index (κ3) is 9.85. The number of nitrogens with zero attached hydrogens (tertiary/aromatic N) is 6. The number of carbonyl (C=O) groups is 2. The molecule has 0 aliphatic heterocycles. The van der Waals surface area contributed by atoms with E-state index in [-0.39, 0.29) is 86.2 Å². The summed E-state index contributed by atoms with van der Waals surface area (Å²) in [5.74, 6) is -5.88. The van der Waals surface area contributed by atoms with Gasteiger partial charge in [0.15, 0.2) is 0 Å². The molecule has 0 bridgehead atoms. The Morgan fingerprint density at radius 3 is 1.30 bits per heavy atom. The predicted octanol–water partition coefficient (Wildman–Crippen LogP) is -4.18. The predicted molar refractivity (Wildman–Crippen MR) is 131 cm³/mol. The topological polar surface area (TPSA) is 348 Å². The van der Waals surface area contributed by atoms with Crippen LogP contribution in [0.2, 0.25) is 0 Å². The second kappa shape index (κ2) is 16.3. The zero-order valence-corrected chi connectivity index (χ0v) is 28.1. The van der Waals surface area contributed by atoms with Crippen molar-refractivity contribution in [3.63, 3.8) is 0 Å². The molecule has 4 aromatic rings. The van der Waals surface area contributed by atoms with Gasteiger partial charge in [-0.1, -0.05) is 24.3 Å². The molecule has 246 valence electrons. The van der Waals surface area contributed by atoms with E-state index >= 15 is 0 Å². The van der Waals surface area contributed by atoms with Crippen molar-refractivity contribution in [2.75, 3.05) is 0 Å². The van der Waals surface area contributed by atoms with Crippen molar-refractivity contribution < 1.29 is 120 Å². The number of aromatic nitrogens is 4. The molecular weight excluding hydrogens is 783 g/mol. The van der Waals surface area contributed by atoms with Gasteiger partial charge in [0, 0.05) is 11.8 Å². The van der Waals surface area contributed by atoms with Gasteiger partial charge in [-0.2, -0.15) is 20.4 Å². The van der Waals surface area contributed by atoms with Gasteiger partial charge >= 0.3 is 63.7 Å². The quantitative estimate of drug-likeness (QED) is 0.0666. The second-order valence-corrected chi connectivity index (χ2v) is 10.9. The van der Waals surface area contributed by atoms with Crippen molar-refractivity contribution in [3.8, 4) is 11.8 Å². The van der Waals surface area contributed by atoms with Gasteiger partial charge in [0.1, 0.15) is 43.0 Å². The third-order valence-electron chi connectivity index (χ3n) is 5.33. The Morgan fingerprint density at radius 1 is 0.660 bits per heavy atom. The number of rotatable bonds is 10. The van der Waals surface area contributed by atoms with E-state index in [4.69, 9.17) is 0 Å². The van der Waals surface area contributed by atoms with Gasteiger partial charge in [0.05, 0.1) is 33.1 Å². The van der Waals surface area contributed by atoms with Crippen LogP contribution in [-0.2, 0) is 54.4 Å². The fourth-order valence-electron chi connectivity index (χ4n) is 3.38. The summed E-state index contributed by atoms with van der Waals surface area (Å²) >= 11 is 0. The van der Waals surface area contributed by atoms with E-state index in [1.54, 1.807) is 0 Å². The molecule has 0 saturated heterocycles. The molecule has 0 spiro atoms. The van der Waals surface area contributed by atoms with Crippen molar-refractivity contribution in [2.45, 2.75) is 9.79 Å². The van der Waals surface area contributed by atoms with Crippen molar-refractivity contribution in [1.82, 2.24) is 20.4 Å². The monoisotopic (exact) mass is 791 g/mol. The molecule has 0 amide bonds. The van der Waals surface area contributed by atoms with E-state index in [0.717, 1.165) is 48.6 Å². The SMILES string of the molecule is O=C([O-])c1[nH]nc([O-])c1N=Nc1ccc(C=Cc2ccc(N=Nc3c([O-])n[nH]c3C(=O)[O-])cc2S(=O)(=O)[O-])c(S(=O)(=O)[O-])c1.[Cu+2].[Cu+2].[Na+]. The van der Waals surface area contributed by atoms with Gasteiger partial charge in [-0.15, -0.1) is 10.2 Å². The number of carboxylic acid groups (broad SMARTS) is 2. The molecule has 0 atom stereocenters. The Bertz CT molecular complexity index is 1980. The van der Waals surface area contributed by atoms with E-state index in [1.807, 2.05) is 10.2 Å². The molecule has 2 radical (unpaired) electrons. The fourth-order valence-corrected chi connectivity index (χ4v) is 4.76. The first-order valence-electron chi connectivity index (χ1n) is 11.2. The molecule has 0 fully saturated rings. The number of aromatic carboxylic acids is 2. The van der Waals surface area contributed by atoms with Crippen LogP contribution in [0.3, 0.4) is 0 Å². The van der Waals surface area contributed by atoms with Crippen molar-refractivity contribution in [3.05, 3.63) is 58.9 Å². The molecule has 47 heavy (non-hydrogen) atoms. The number of carbonyl (C=O) groups excluding carboxylic acids is 2. The summed E-state index contributed by atoms with van der Waals surface area (Å²) in [6.45, 7) is 0. The van der Waals surface area contributed by atoms with Gasteiger partial charge in [0.25, 0.3) is 0 Å². The van der Waals surface area contributed by atoms with Crippen LogP contribution in [0, 0.1) is 0 Å². The number of azo groups is 2. The molecule has 2 heterocycles. The van der Waals surface area contributed by atoms with Crippen LogP contribution in [-0.4, -0.2) is 58.3 Å². The number of hydrogen-bond donors (Lipinski definition) is 2. The fraction of sp³-hybridized carbons (Fsp3) is 0. The van der Waals surface area contributed by atoms with E-state index < -0.39 is 76.5 Å². The van der Waals surface area contributed by atoms with Gasteiger partial charge in [-0.25, -0.2) is 16.8 Å². The van der Waals surface area contributed by atoms with Gasteiger partial charge < -0.3 is 39.1 Å². The number of aromatic amines is 2. The second-order valence-electron chi connectivity index (χ2n) is 8.17. The first-order chi connectivity index (χ1) is 20.6. The first kappa shape index (κ1) is 41.2. The Hall–Kier alpha value is -3.80. The molecule has 0 aliphatic rings. The minimum Gasteiger partial charge on any atom is -0.856 e. The number of H-pyrrole nitrogens is 2. The molecule has 4 rings (SSSR count). The maximum Gasteiger partial charge on any atom is 2.00 e. The van der Waals surface area contributed by atoms with E-state index in [9.17, 15) is 56.0 Å². The minimum atomic E-state index is -5.22. The number of nitrogens with one attached hydrogen (secondary N) is 2. The standard InChI is InChI=1S/C22H16N8O12S2.2Cu.Na/c31-19-15(17(21(33)34)27-29-19)25-23-11-5-3-9(13(7-11)43(37,38)39)1-2-10-4-6-12(8-14(10)44(40,41)42)24-26-16-18(22(35)36)28-30-20(16)32;;;/h1-8H,(H,33,34)(H,35,36)(H2,27,29,31)(H2,28,30,32)(H,37,38,39)(H,40,41,42);;;/q;2*+2;+1/p-6. The summed E-state index contributed by atoms with van der Waals surface area (Å²) in [5, 5.41) is 69.3. The molecule has 0 unspecified atom stereocenters. The number of carboxylic acids is 2. The normalized spacial score (nSPS) is 11.7. The molecule has 0 aliphatic carbocycles. The van der Waals surface area contributed by atoms with Crippen molar-refractivity contribution in [1.29, 1.82) is 0 Å². The maximum atomic E-state index is 11.9. The third-order valence-corrected chi connectivity index (χ3v) is 7.12. The van der Waals surface area contributed by atoms with E-state index in [1.165, 1.54) is 0 Å². The maximum absolute atomic E-state index is 11.9. The van der Waals surface area contributed by atoms with Crippen LogP contribution in [0.1, 0.15) is 32.1 Å². The zero-order valence-electron chi connectivity index (χ0n) is 22.6. The van der Waals surface area contributed by atoms with Gasteiger partial charge in [0.2, 0.25) is 0 Å². The molecular formula is C22H10Cu2N8NaO12S2-. The summed E-state index contributed by atoms with van der Waals surface area (Å²) in [4.78, 5) is 20.3. The largest absolute Gasteiger partial charge is 2.00 e. The van der Waals surface area contributed by atoms with Crippen molar-refractivity contribution >= 4 is 67.1 Å². The number of benzene rings is 2. The molecule has 2 N–H and O–H groups in total. The van der Waals surface area contributed by atoms with E-state index in [0.29, 0.717) is 0 Å². The van der Waals surface area contributed by atoms with Gasteiger partial charge in [-0.3, -0.25) is 10.2 Å². The first-order valence-corrected chi connectivity index (χ1v) is 14.0. The van der Waals surface area contributed by atoms with Crippen LogP contribution in [0.4, 0.5) is 22.7 Å². The van der Waals surface area contributed by atoms with Crippen LogP contribution < -0.4 is 50.0 Å². The minimum absolute atomic E-state index is 0. The average Bonchev–Trinajstić information content (AvgIpc) is 3.50. The van der Waals surface area contributed by atoms with E-state index in [2.05, 4.69) is 30.7 Å². The average molecular weight is 793 g/mol. The Kier molecular flexibility index (Phi) is 14.3. The Labute approximate surface area is 305 Å². The molecule has 2 aromatic carbocycles.